The fraction of sp³-hybridized carbons (Fsp3) is 0.429. The number of anilines is 1. The molecule has 0 spiro atoms. The molecule has 1 aliphatic carbocycles. The van der Waals surface area contributed by atoms with E-state index in [1.807, 2.05) is 0 Å². The Labute approximate surface area is 115 Å². The number of hydrogen-bond donors (Lipinski definition) is 1. The molecule has 1 N–H and O–H groups in total. The van der Waals surface area contributed by atoms with Gasteiger partial charge in [0.25, 0.3) is 0 Å². The third kappa shape index (κ3) is 1.91. The van der Waals surface area contributed by atoms with E-state index in [1.165, 1.54) is 11.0 Å². The van der Waals surface area contributed by atoms with Crippen LogP contribution in [0, 0.1) is 17.1 Å². The van der Waals surface area contributed by atoms with Gasteiger partial charge in [0.1, 0.15) is 11.9 Å². The highest BCUT2D eigenvalue weighted by atomic mass is 19.1. The molecule has 0 radical (unpaired) electrons. The predicted molar refractivity (Wildman–Crippen MR) is 67.6 cm³/mol. The van der Waals surface area contributed by atoms with Crippen molar-refractivity contribution in [2.24, 2.45) is 0 Å². The summed E-state index contributed by atoms with van der Waals surface area (Å²) in [5.41, 5.74) is 0.0675. The third-order valence-corrected chi connectivity index (χ3v) is 3.82. The lowest BCUT2D eigenvalue weighted by atomic mass is 9.97. The van der Waals surface area contributed by atoms with Crippen LogP contribution in [0.5, 0.6) is 0 Å². The van der Waals surface area contributed by atoms with Crippen LogP contribution in [0.3, 0.4) is 0 Å². The fourth-order valence-corrected chi connectivity index (χ4v) is 2.45. The number of cyclic esters (lactones) is 1. The molecule has 1 amide bonds. The minimum atomic E-state index is -0.693. The second-order valence-electron chi connectivity index (χ2n) is 5.16. The van der Waals surface area contributed by atoms with E-state index in [4.69, 9.17) is 15.1 Å². The number of halogens is 1. The van der Waals surface area contributed by atoms with Crippen molar-refractivity contribution in [2.45, 2.75) is 24.4 Å². The molecule has 1 saturated carbocycles. The summed E-state index contributed by atoms with van der Waals surface area (Å²) >= 11 is 0. The predicted octanol–water partition coefficient (Wildman–Crippen LogP) is 1.70. The van der Waals surface area contributed by atoms with Gasteiger partial charge in [0.05, 0.1) is 30.3 Å². The van der Waals surface area contributed by atoms with Gasteiger partial charge in [-0.2, -0.15) is 5.26 Å². The molecular formula is C14H13FN2O3. The quantitative estimate of drug-likeness (QED) is 0.911. The number of carbonyl (C=O) groups is 1. The molecule has 5 nitrogen and oxygen atoms in total. The molecule has 1 atom stereocenters. The first kappa shape index (κ1) is 12.9. The van der Waals surface area contributed by atoms with Crippen LogP contribution in [0.25, 0.3) is 0 Å². The summed E-state index contributed by atoms with van der Waals surface area (Å²) in [5.74, 6) is -0.484. The maximum absolute atomic E-state index is 14.2. The van der Waals surface area contributed by atoms with Gasteiger partial charge in [-0.05, 0) is 25.0 Å². The molecule has 3 rings (SSSR count). The van der Waals surface area contributed by atoms with Gasteiger partial charge in [0, 0.05) is 5.56 Å². The van der Waals surface area contributed by atoms with E-state index in [0.717, 1.165) is 0 Å². The largest absolute Gasteiger partial charge is 0.441 e. The van der Waals surface area contributed by atoms with Gasteiger partial charge in [-0.1, -0.05) is 6.07 Å². The minimum absolute atomic E-state index is 0.192. The molecule has 0 bridgehead atoms. The average Bonchev–Trinajstić information content (AvgIpc) is 3.15. The van der Waals surface area contributed by atoms with Gasteiger partial charge in [-0.15, -0.1) is 0 Å². The molecular weight excluding hydrogens is 263 g/mol. The summed E-state index contributed by atoms with van der Waals surface area (Å²) in [5, 5.41) is 18.1. The van der Waals surface area contributed by atoms with Gasteiger partial charge in [-0.3, -0.25) is 4.90 Å². The summed E-state index contributed by atoms with van der Waals surface area (Å²) in [6.07, 6.45) is 0.146. The maximum atomic E-state index is 14.2. The zero-order valence-corrected chi connectivity index (χ0v) is 10.7. The summed E-state index contributed by atoms with van der Waals surface area (Å²) in [4.78, 5) is 12.9. The highest BCUT2D eigenvalue weighted by Gasteiger charge is 2.47. The van der Waals surface area contributed by atoms with Gasteiger partial charge in [0.15, 0.2) is 0 Å². The number of carbonyl (C=O) groups excluding carboxylic acids is 1. The molecule has 20 heavy (non-hydrogen) atoms. The van der Waals surface area contributed by atoms with E-state index >= 15 is 0 Å². The lowest BCUT2D eigenvalue weighted by Crippen LogP contribution is -2.25. The number of hydrogen-bond acceptors (Lipinski definition) is 4. The van der Waals surface area contributed by atoms with E-state index < -0.39 is 23.4 Å². The molecule has 1 heterocycles. The van der Waals surface area contributed by atoms with Crippen molar-refractivity contribution in [3.8, 4) is 6.07 Å². The van der Waals surface area contributed by atoms with E-state index in [9.17, 15) is 9.18 Å². The summed E-state index contributed by atoms with van der Waals surface area (Å²) in [7, 11) is 0. The van der Waals surface area contributed by atoms with Crippen molar-refractivity contribution in [1.29, 1.82) is 5.26 Å². The molecule has 104 valence electrons. The number of aliphatic hydroxyl groups excluding tert-OH is 1. The highest BCUT2D eigenvalue weighted by molar-refractivity contribution is 5.89. The number of rotatable bonds is 3. The SMILES string of the molecule is N#CC1(c2ccc(N3CC(CO)OC3=O)cc2F)CC1. The van der Waals surface area contributed by atoms with Gasteiger partial charge >= 0.3 is 6.09 Å². The summed E-state index contributed by atoms with van der Waals surface area (Å²) < 4.78 is 19.1. The Morgan fingerprint density at radius 1 is 1.55 bits per heavy atom. The summed E-state index contributed by atoms with van der Waals surface area (Å²) in [6.45, 7) is -0.0716. The third-order valence-electron chi connectivity index (χ3n) is 3.82. The Bertz CT molecular complexity index is 607. The molecule has 2 fully saturated rings. The van der Waals surface area contributed by atoms with Crippen LogP contribution in [-0.4, -0.2) is 30.5 Å². The first-order valence-electron chi connectivity index (χ1n) is 6.40. The normalized spacial score (nSPS) is 23.4. The first-order valence-corrected chi connectivity index (χ1v) is 6.40. The van der Waals surface area contributed by atoms with Crippen molar-refractivity contribution in [2.75, 3.05) is 18.1 Å². The number of nitriles is 1. The van der Waals surface area contributed by atoms with Crippen LogP contribution in [0.1, 0.15) is 18.4 Å². The molecule has 1 aromatic rings. The second-order valence-corrected chi connectivity index (χ2v) is 5.16. The Hall–Kier alpha value is -2.13. The van der Waals surface area contributed by atoms with Gasteiger partial charge < -0.3 is 9.84 Å². The van der Waals surface area contributed by atoms with E-state index in [0.29, 0.717) is 24.1 Å². The van der Waals surface area contributed by atoms with E-state index in [1.54, 1.807) is 12.1 Å². The Kier molecular flexibility index (Phi) is 2.87. The molecule has 1 unspecified atom stereocenters. The van der Waals surface area contributed by atoms with Crippen LogP contribution < -0.4 is 4.90 Å². The molecule has 0 aromatic heterocycles. The van der Waals surface area contributed by atoms with Crippen molar-refractivity contribution in [3.05, 3.63) is 29.6 Å². The number of benzene rings is 1. The lowest BCUT2D eigenvalue weighted by Gasteiger charge is -2.15. The van der Waals surface area contributed by atoms with Crippen LogP contribution in [-0.2, 0) is 10.2 Å². The molecule has 1 aromatic carbocycles. The van der Waals surface area contributed by atoms with Gasteiger partial charge in [-0.25, -0.2) is 9.18 Å². The Balaban J connectivity index is 1.88. The number of amides is 1. The molecule has 6 heteroatoms. The van der Waals surface area contributed by atoms with Crippen molar-refractivity contribution < 1.29 is 19.0 Å². The smallest absolute Gasteiger partial charge is 0.414 e. The number of aliphatic hydroxyl groups is 1. The zero-order valence-electron chi connectivity index (χ0n) is 10.7. The first-order chi connectivity index (χ1) is 9.59. The second kappa shape index (κ2) is 4.46. The van der Waals surface area contributed by atoms with Crippen molar-refractivity contribution >= 4 is 11.8 Å². The highest BCUT2D eigenvalue weighted by Crippen LogP contribution is 2.48. The average molecular weight is 276 g/mol. The summed E-state index contributed by atoms with van der Waals surface area (Å²) in [6, 6.07) is 6.55. The van der Waals surface area contributed by atoms with Crippen LogP contribution in [0.4, 0.5) is 14.9 Å². The van der Waals surface area contributed by atoms with Crippen molar-refractivity contribution in [1.82, 2.24) is 0 Å². The monoisotopic (exact) mass is 276 g/mol. The number of ether oxygens (including phenoxy) is 1. The van der Waals surface area contributed by atoms with Crippen LogP contribution >= 0.6 is 0 Å². The Morgan fingerprint density at radius 2 is 2.30 bits per heavy atom. The lowest BCUT2D eigenvalue weighted by molar-refractivity contribution is 0.0963. The van der Waals surface area contributed by atoms with Gasteiger partial charge in [0.2, 0.25) is 0 Å². The molecule has 1 saturated heterocycles. The fourth-order valence-electron chi connectivity index (χ4n) is 2.45. The van der Waals surface area contributed by atoms with Crippen LogP contribution in [0.15, 0.2) is 18.2 Å². The molecule has 1 aliphatic heterocycles. The van der Waals surface area contributed by atoms with Crippen molar-refractivity contribution in [3.63, 3.8) is 0 Å². The standard InChI is InChI=1S/C14H13FN2O3/c15-12-5-9(17-6-10(7-18)20-13(17)19)1-2-11(12)14(8-16)3-4-14/h1-2,5,10,18H,3-4,6-7H2. The minimum Gasteiger partial charge on any atom is -0.441 e. The zero-order chi connectivity index (χ0) is 14.3. The Morgan fingerprint density at radius 3 is 2.80 bits per heavy atom. The van der Waals surface area contributed by atoms with E-state index in [-0.39, 0.29) is 13.2 Å². The number of nitrogens with zero attached hydrogens (tertiary/aromatic N) is 2. The topological polar surface area (TPSA) is 73.6 Å². The maximum Gasteiger partial charge on any atom is 0.414 e. The molecule has 2 aliphatic rings. The van der Waals surface area contributed by atoms with E-state index in [2.05, 4.69) is 6.07 Å². The van der Waals surface area contributed by atoms with Crippen LogP contribution in [0.2, 0.25) is 0 Å².